The van der Waals surface area contributed by atoms with Crippen LogP contribution in [0, 0.1) is 5.82 Å². The van der Waals surface area contributed by atoms with Crippen LogP contribution >= 0.6 is 15.9 Å². The molecule has 0 bridgehead atoms. The molecule has 94 valence electrons. The van der Waals surface area contributed by atoms with Crippen molar-refractivity contribution in [2.24, 2.45) is 0 Å². The Morgan fingerprint density at radius 1 is 1.05 bits per heavy atom. The van der Waals surface area contributed by atoms with E-state index in [1.54, 1.807) is 23.0 Å². The topological polar surface area (TPSA) is 30.7 Å². The number of hydrogen-bond donors (Lipinski definition) is 0. The molecule has 0 unspecified atom stereocenters. The van der Waals surface area contributed by atoms with Gasteiger partial charge < -0.3 is 0 Å². The molecule has 3 nitrogen and oxygen atoms in total. The highest BCUT2D eigenvalue weighted by molar-refractivity contribution is 9.10. The molecular weight excluding hydrogens is 309 g/mol. The van der Waals surface area contributed by atoms with Gasteiger partial charge in [-0.15, -0.1) is 10.2 Å². The summed E-state index contributed by atoms with van der Waals surface area (Å²) in [4.78, 5) is 0. The molecule has 0 fully saturated rings. The Balaban J connectivity index is 2.15. The van der Waals surface area contributed by atoms with Crippen molar-refractivity contribution in [3.8, 4) is 17.1 Å². The van der Waals surface area contributed by atoms with Crippen molar-refractivity contribution in [1.82, 2.24) is 14.8 Å². The van der Waals surface area contributed by atoms with Gasteiger partial charge in [-0.2, -0.15) is 0 Å². The van der Waals surface area contributed by atoms with Gasteiger partial charge in [-0.25, -0.2) is 4.39 Å². The molecule has 1 heterocycles. The summed E-state index contributed by atoms with van der Waals surface area (Å²) in [5, 5.41) is 7.88. The maximum Gasteiger partial charge on any atom is 0.171 e. The SMILES string of the molecule is Fc1cc(Br)ccc1-c1nncn1-c1ccccc1. The highest BCUT2D eigenvalue weighted by Crippen LogP contribution is 2.25. The third-order valence-electron chi connectivity index (χ3n) is 2.75. The maximum absolute atomic E-state index is 14.0. The largest absolute Gasteiger partial charge is 0.282 e. The summed E-state index contributed by atoms with van der Waals surface area (Å²) in [7, 11) is 0. The Hall–Kier alpha value is -2.01. The lowest BCUT2D eigenvalue weighted by atomic mass is 10.2. The van der Waals surface area contributed by atoms with Gasteiger partial charge in [0.1, 0.15) is 12.1 Å². The number of benzene rings is 2. The Morgan fingerprint density at radius 2 is 1.84 bits per heavy atom. The van der Waals surface area contributed by atoms with E-state index in [0.717, 1.165) is 5.69 Å². The fourth-order valence-corrected chi connectivity index (χ4v) is 2.20. The van der Waals surface area contributed by atoms with E-state index in [9.17, 15) is 4.39 Å². The van der Waals surface area contributed by atoms with Gasteiger partial charge in [-0.3, -0.25) is 4.57 Å². The van der Waals surface area contributed by atoms with Crippen LogP contribution in [0.2, 0.25) is 0 Å². The predicted molar refractivity (Wildman–Crippen MR) is 74.5 cm³/mol. The molecule has 0 radical (unpaired) electrons. The third kappa shape index (κ3) is 2.29. The minimum atomic E-state index is -0.334. The first-order valence-electron chi connectivity index (χ1n) is 5.66. The first kappa shape index (κ1) is 12.0. The van der Waals surface area contributed by atoms with Gasteiger partial charge in [0.05, 0.1) is 5.56 Å². The molecule has 0 aliphatic heterocycles. The van der Waals surface area contributed by atoms with Crippen LogP contribution in [0.3, 0.4) is 0 Å². The molecule has 1 aromatic heterocycles. The first-order chi connectivity index (χ1) is 9.25. The number of halogens is 2. The second kappa shape index (κ2) is 4.93. The minimum absolute atomic E-state index is 0.334. The maximum atomic E-state index is 14.0. The highest BCUT2D eigenvalue weighted by Gasteiger charge is 2.13. The lowest BCUT2D eigenvalue weighted by Gasteiger charge is -2.07. The number of rotatable bonds is 2. The molecule has 3 rings (SSSR count). The van der Waals surface area contributed by atoms with Crippen LogP contribution in [0.4, 0.5) is 4.39 Å². The molecule has 0 saturated heterocycles. The number of nitrogens with zero attached hydrogens (tertiary/aromatic N) is 3. The quantitative estimate of drug-likeness (QED) is 0.719. The average Bonchev–Trinajstić information content (AvgIpc) is 2.89. The van der Waals surface area contributed by atoms with Crippen molar-refractivity contribution < 1.29 is 4.39 Å². The molecule has 5 heteroatoms. The summed E-state index contributed by atoms with van der Waals surface area (Å²) in [6.07, 6.45) is 1.58. The molecule has 0 aliphatic rings. The normalized spacial score (nSPS) is 10.6. The first-order valence-corrected chi connectivity index (χ1v) is 6.46. The molecular formula is C14H9BrFN3. The van der Waals surface area contributed by atoms with Crippen LogP contribution in [-0.2, 0) is 0 Å². The molecule has 2 aromatic carbocycles. The van der Waals surface area contributed by atoms with E-state index < -0.39 is 0 Å². The monoisotopic (exact) mass is 317 g/mol. The van der Waals surface area contributed by atoms with Crippen LogP contribution in [0.5, 0.6) is 0 Å². The molecule has 0 atom stereocenters. The second-order valence-corrected chi connectivity index (χ2v) is 4.90. The van der Waals surface area contributed by atoms with Gasteiger partial charge in [-0.1, -0.05) is 34.1 Å². The highest BCUT2D eigenvalue weighted by atomic mass is 79.9. The number of para-hydroxylation sites is 1. The average molecular weight is 318 g/mol. The van der Waals surface area contributed by atoms with Crippen molar-refractivity contribution in [1.29, 1.82) is 0 Å². The van der Waals surface area contributed by atoms with Crippen molar-refractivity contribution in [2.75, 3.05) is 0 Å². The van der Waals surface area contributed by atoms with E-state index >= 15 is 0 Å². The van der Waals surface area contributed by atoms with Gasteiger partial charge >= 0.3 is 0 Å². The van der Waals surface area contributed by atoms with E-state index in [2.05, 4.69) is 26.1 Å². The molecule has 3 aromatic rings. The fraction of sp³-hybridized carbons (Fsp3) is 0. The van der Waals surface area contributed by atoms with E-state index in [1.165, 1.54) is 6.07 Å². The molecule has 0 amide bonds. The Morgan fingerprint density at radius 3 is 2.58 bits per heavy atom. The Bertz CT molecular complexity index is 710. The van der Waals surface area contributed by atoms with Gasteiger partial charge in [0, 0.05) is 10.2 Å². The zero-order chi connectivity index (χ0) is 13.2. The summed E-state index contributed by atoms with van der Waals surface area (Å²) in [6, 6.07) is 14.5. The van der Waals surface area contributed by atoms with E-state index in [1.807, 2.05) is 30.3 Å². The second-order valence-electron chi connectivity index (χ2n) is 3.98. The van der Waals surface area contributed by atoms with Crippen molar-refractivity contribution in [3.63, 3.8) is 0 Å². The number of hydrogen-bond acceptors (Lipinski definition) is 2. The molecule has 0 spiro atoms. The Kier molecular flexibility index (Phi) is 3.13. The summed E-state index contributed by atoms with van der Waals surface area (Å²) in [5.74, 6) is 0.149. The molecule has 0 N–H and O–H groups in total. The lowest BCUT2D eigenvalue weighted by Crippen LogP contribution is -1.97. The summed E-state index contributed by atoms with van der Waals surface area (Å²) in [5.41, 5.74) is 1.31. The van der Waals surface area contributed by atoms with Crippen LogP contribution in [0.25, 0.3) is 17.1 Å². The van der Waals surface area contributed by atoms with E-state index in [-0.39, 0.29) is 5.82 Å². The van der Waals surface area contributed by atoms with E-state index in [0.29, 0.717) is 15.9 Å². The Labute approximate surface area is 117 Å². The zero-order valence-electron chi connectivity index (χ0n) is 9.79. The zero-order valence-corrected chi connectivity index (χ0v) is 11.4. The van der Waals surface area contributed by atoms with Gasteiger partial charge in [0.2, 0.25) is 0 Å². The summed E-state index contributed by atoms with van der Waals surface area (Å²) in [6.45, 7) is 0. The third-order valence-corrected chi connectivity index (χ3v) is 3.25. The smallest absolute Gasteiger partial charge is 0.171 e. The fourth-order valence-electron chi connectivity index (χ4n) is 1.87. The van der Waals surface area contributed by atoms with Crippen molar-refractivity contribution >= 4 is 15.9 Å². The van der Waals surface area contributed by atoms with Crippen LogP contribution in [-0.4, -0.2) is 14.8 Å². The van der Waals surface area contributed by atoms with Crippen LogP contribution in [0.1, 0.15) is 0 Å². The lowest BCUT2D eigenvalue weighted by molar-refractivity contribution is 0.628. The van der Waals surface area contributed by atoms with Gasteiger partial charge in [0.15, 0.2) is 5.82 Å². The van der Waals surface area contributed by atoms with Crippen molar-refractivity contribution in [2.45, 2.75) is 0 Å². The molecule has 0 saturated carbocycles. The standard InChI is InChI=1S/C14H9BrFN3/c15-10-6-7-12(13(16)8-10)14-18-17-9-19(14)11-4-2-1-3-5-11/h1-9H. The number of aromatic nitrogens is 3. The van der Waals surface area contributed by atoms with Crippen LogP contribution in [0.15, 0.2) is 59.3 Å². The minimum Gasteiger partial charge on any atom is -0.282 e. The van der Waals surface area contributed by atoms with Crippen LogP contribution < -0.4 is 0 Å². The van der Waals surface area contributed by atoms with E-state index in [4.69, 9.17) is 0 Å². The predicted octanol–water partition coefficient (Wildman–Crippen LogP) is 3.84. The van der Waals surface area contributed by atoms with Gasteiger partial charge in [-0.05, 0) is 30.3 Å². The molecule has 0 aliphatic carbocycles. The summed E-state index contributed by atoms with van der Waals surface area (Å²) < 4.78 is 16.4. The summed E-state index contributed by atoms with van der Waals surface area (Å²) >= 11 is 3.24. The van der Waals surface area contributed by atoms with Gasteiger partial charge in [0.25, 0.3) is 0 Å². The molecule has 19 heavy (non-hydrogen) atoms. The van der Waals surface area contributed by atoms with Crippen molar-refractivity contribution in [3.05, 3.63) is 65.1 Å².